The molecule has 0 radical (unpaired) electrons. The molecule has 0 saturated heterocycles. The fraction of sp³-hybridized carbons (Fsp3) is 0.300. The molecule has 5 heteroatoms. The van der Waals surface area contributed by atoms with Crippen LogP contribution in [0, 0.1) is 5.82 Å². The van der Waals surface area contributed by atoms with Crippen LogP contribution in [0.1, 0.15) is 12.0 Å². The standard InChI is InChI=1S/C10H11F2NOS/c11-5-2-6-14-8-4-1-3-7(12)9(8)10(13)15/h1,3-4H,2,5-6H2,(H2,13,15). The van der Waals surface area contributed by atoms with Crippen molar-refractivity contribution in [1.29, 1.82) is 0 Å². The lowest BCUT2D eigenvalue weighted by molar-refractivity contribution is 0.288. The Bertz CT molecular complexity index is 357. The van der Waals surface area contributed by atoms with Gasteiger partial charge in [-0.2, -0.15) is 0 Å². The number of benzene rings is 1. The van der Waals surface area contributed by atoms with Crippen LogP contribution in [0.2, 0.25) is 0 Å². The van der Waals surface area contributed by atoms with Crippen LogP contribution in [-0.4, -0.2) is 18.3 Å². The summed E-state index contributed by atoms with van der Waals surface area (Å²) in [7, 11) is 0. The molecule has 1 aromatic carbocycles. The molecule has 0 spiro atoms. The lowest BCUT2D eigenvalue weighted by Crippen LogP contribution is -2.14. The van der Waals surface area contributed by atoms with Gasteiger partial charge in [-0.1, -0.05) is 18.3 Å². The summed E-state index contributed by atoms with van der Waals surface area (Å²) in [6.45, 7) is -0.298. The highest BCUT2D eigenvalue weighted by Crippen LogP contribution is 2.21. The number of alkyl halides is 1. The number of rotatable bonds is 5. The lowest BCUT2D eigenvalue weighted by Gasteiger charge is -2.10. The van der Waals surface area contributed by atoms with Gasteiger partial charge in [0.05, 0.1) is 18.8 Å². The Hall–Kier alpha value is -1.23. The van der Waals surface area contributed by atoms with Crippen molar-refractivity contribution in [2.24, 2.45) is 5.73 Å². The minimum Gasteiger partial charge on any atom is -0.493 e. The monoisotopic (exact) mass is 231 g/mol. The van der Waals surface area contributed by atoms with Crippen LogP contribution < -0.4 is 10.5 Å². The molecule has 0 aliphatic carbocycles. The van der Waals surface area contributed by atoms with Crippen molar-refractivity contribution >= 4 is 17.2 Å². The second kappa shape index (κ2) is 5.60. The molecular weight excluding hydrogens is 220 g/mol. The topological polar surface area (TPSA) is 35.2 Å². The smallest absolute Gasteiger partial charge is 0.137 e. The van der Waals surface area contributed by atoms with Crippen LogP contribution in [-0.2, 0) is 0 Å². The van der Waals surface area contributed by atoms with Gasteiger partial charge in [-0.3, -0.25) is 4.39 Å². The quantitative estimate of drug-likeness (QED) is 0.623. The van der Waals surface area contributed by atoms with E-state index >= 15 is 0 Å². The summed E-state index contributed by atoms with van der Waals surface area (Å²) in [4.78, 5) is -0.0663. The van der Waals surface area contributed by atoms with E-state index in [9.17, 15) is 8.78 Å². The molecule has 82 valence electrons. The Kier molecular flexibility index (Phi) is 4.42. The molecule has 0 unspecified atom stereocenters. The Morgan fingerprint density at radius 3 is 2.80 bits per heavy atom. The maximum atomic E-state index is 13.3. The molecule has 2 N–H and O–H groups in total. The largest absolute Gasteiger partial charge is 0.493 e. The summed E-state index contributed by atoms with van der Waals surface area (Å²) in [6, 6.07) is 4.29. The zero-order chi connectivity index (χ0) is 11.3. The Labute approximate surface area is 92.0 Å². The van der Waals surface area contributed by atoms with E-state index in [4.69, 9.17) is 22.7 Å². The molecule has 0 aliphatic rings. The van der Waals surface area contributed by atoms with Gasteiger partial charge in [0, 0.05) is 6.42 Å². The van der Waals surface area contributed by atoms with E-state index in [-0.39, 0.29) is 29.3 Å². The van der Waals surface area contributed by atoms with Gasteiger partial charge >= 0.3 is 0 Å². The molecule has 15 heavy (non-hydrogen) atoms. The van der Waals surface area contributed by atoms with E-state index in [0.29, 0.717) is 0 Å². The molecule has 1 aromatic rings. The minimum absolute atomic E-state index is 0.0663. The van der Waals surface area contributed by atoms with Crippen LogP contribution in [0.25, 0.3) is 0 Å². The average molecular weight is 231 g/mol. The molecule has 2 nitrogen and oxygen atoms in total. The zero-order valence-corrected chi connectivity index (χ0v) is 8.82. The maximum absolute atomic E-state index is 13.3. The molecule has 0 amide bonds. The van der Waals surface area contributed by atoms with E-state index in [0.717, 1.165) is 0 Å². The predicted octanol–water partition coefficient (Wildman–Crippen LogP) is 2.20. The van der Waals surface area contributed by atoms with Gasteiger partial charge in [0.25, 0.3) is 0 Å². The van der Waals surface area contributed by atoms with Gasteiger partial charge in [-0.25, -0.2) is 4.39 Å². The van der Waals surface area contributed by atoms with Gasteiger partial charge < -0.3 is 10.5 Å². The summed E-state index contributed by atoms with van der Waals surface area (Å²) in [5.41, 5.74) is 5.43. The van der Waals surface area contributed by atoms with Crippen molar-refractivity contribution in [2.75, 3.05) is 13.3 Å². The predicted molar refractivity (Wildman–Crippen MR) is 58.4 cm³/mol. The van der Waals surface area contributed by atoms with Gasteiger partial charge in [0.1, 0.15) is 16.6 Å². The van der Waals surface area contributed by atoms with Crippen LogP contribution in [0.15, 0.2) is 18.2 Å². The minimum atomic E-state index is -0.528. The zero-order valence-electron chi connectivity index (χ0n) is 8.00. The first-order chi connectivity index (χ1) is 7.16. The summed E-state index contributed by atoms with van der Waals surface area (Å²) < 4.78 is 30.3. The molecule has 0 aromatic heterocycles. The second-order valence-electron chi connectivity index (χ2n) is 2.87. The first kappa shape index (κ1) is 11.8. The highest BCUT2D eigenvalue weighted by atomic mass is 32.1. The number of hydrogen-bond donors (Lipinski definition) is 1. The van der Waals surface area contributed by atoms with Crippen molar-refractivity contribution in [3.63, 3.8) is 0 Å². The fourth-order valence-electron chi connectivity index (χ4n) is 1.10. The third-order valence-electron chi connectivity index (χ3n) is 1.76. The van der Waals surface area contributed by atoms with Crippen molar-refractivity contribution in [3.8, 4) is 5.75 Å². The van der Waals surface area contributed by atoms with Crippen LogP contribution in [0.3, 0.4) is 0 Å². The van der Waals surface area contributed by atoms with E-state index in [1.165, 1.54) is 12.1 Å². The third kappa shape index (κ3) is 3.13. The van der Waals surface area contributed by atoms with Crippen molar-refractivity contribution in [2.45, 2.75) is 6.42 Å². The summed E-state index contributed by atoms with van der Waals surface area (Å²) in [6.07, 6.45) is 0.257. The fourth-order valence-corrected chi connectivity index (χ4v) is 1.30. The average Bonchev–Trinajstić information content (AvgIpc) is 2.17. The van der Waals surface area contributed by atoms with Gasteiger partial charge in [-0.05, 0) is 12.1 Å². The van der Waals surface area contributed by atoms with Crippen LogP contribution >= 0.6 is 12.2 Å². The Morgan fingerprint density at radius 1 is 1.47 bits per heavy atom. The number of nitrogens with two attached hydrogens (primary N) is 1. The van der Waals surface area contributed by atoms with Gasteiger partial charge in [-0.15, -0.1) is 0 Å². The van der Waals surface area contributed by atoms with Gasteiger partial charge in [0.15, 0.2) is 0 Å². The number of hydrogen-bond acceptors (Lipinski definition) is 2. The molecule has 0 saturated carbocycles. The number of thiocarbonyl (C=S) groups is 1. The first-order valence-corrected chi connectivity index (χ1v) is 4.84. The first-order valence-electron chi connectivity index (χ1n) is 4.44. The normalized spacial score (nSPS) is 10.0. The van der Waals surface area contributed by atoms with E-state index in [2.05, 4.69) is 0 Å². The molecular formula is C10H11F2NOS. The third-order valence-corrected chi connectivity index (χ3v) is 1.96. The van der Waals surface area contributed by atoms with Crippen LogP contribution in [0.4, 0.5) is 8.78 Å². The number of halogens is 2. The molecule has 0 aliphatic heterocycles. The van der Waals surface area contributed by atoms with E-state index < -0.39 is 12.5 Å². The molecule has 1 rings (SSSR count). The van der Waals surface area contributed by atoms with E-state index in [1.807, 2.05) is 0 Å². The summed E-state index contributed by atoms with van der Waals surface area (Å²) in [5, 5.41) is 0. The van der Waals surface area contributed by atoms with Crippen molar-refractivity contribution in [3.05, 3.63) is 29.6 Å². The summed E-state index contributed by atoms with van der Waals surface area (Å²) in [5.74, 6) is -0.267. The second-order valence-corrected chi connectivity index (χ2v) is 3.31. The highest BCUT2D eigenvalue weighted by Gasteiger charge is 2.11. The van der Waals surface area contributed by atoms with E-state index in [1.54, 1.807) is 6.07 Å². The molecule has 0 bridgehead atoms. The van der Waals surface area contributed by atoms with Crippen molar-refractivity contribution < 1.29 is 13.5 Å². The molecule has 0 fully saturated rings. The number of ether oxygens (including phenoxy) is 1. The Morgan fingerprint density at radius 2 is 2.20 bits per heavy atom. The van der Waals surface area contributed by atoms with Crippen molar-refractivity contribution in [1.82, 2.24) is 0 Å². The summed E-state index contributed by atoms with van der Waals surface area (Å²) >= 11 is 4.70. The van der Waals surface area contributed by atoms with Crippen LogP contribution in [0.5, 0.6) is 5.75 Å². The Balaban J connectivity index is 2.86. The van der Waals surface area contributed by atoms with Gasteiger partial charge in [0.2, 0.25) is 0 Å². The molecule has 0 atom stereocenters. The maximum Gasteiger partial charge on any atom is 0.137 e. The highest BCUT2D eigenvalue weighted by molar-refractivity contribution is 7.80. The molecule has 0 heterocycles. The SMILES string of the molecule is NC(=S)c1c(F)cccc1OCCCF. The lowest BCUT2D eigenvalue weighted by atomic mass is 10.2.